The van der Waals surface area contributed by atoms with E-state index >= 15 is 8.78 Å². The minimum Gasteiger partial charge on any atom is -0.429 e. The minimum atomic E-state index is -4.38. The summed E-state index contributed by atoms with van der Waals surface area (Å²) >= 11 is 0. The summed E-state index contributed by atoms with van der Waals surface area (Å²) in [6.07, 6.45) is 0.117. The second-order valence-corrected chi connectivity index (χ2v) is 10.3. The molecule has 5 rings (SSSR count). The smallest absolute Gasteiger partial charge is 0.429 e. The summed E-state index contributed by atoms with van der Waals surface area (Å²) in [7, 11) is 0. The van der Waals surface area contributed by atoms with Gasteiger partial charge >= 0.3 is 6.11 Å². The first-order chi connectivity index (χ1) is 21.1. The van der Waals surface area contributed by atoms with Crippen LogP contribution in [0, 0.1) is 35.0 Å². The summed E-state index contributed by atoms with van der Waals surface area (Å²) in [6.45, 7) is 2.51. The lowest BCUT2D eigenvalue weighted by Gasteiger charge is -2.30. The number of alkyl halides is 2. The van der Waals surface area contributed by atoms with Crippen LogP contribution in [-0.2, 0) is 15.6 Å². The Morgan fingerprint density at radius 2 is 1.34 bits per heavy atom. The molecule has 0 aliphatic carbocycles. The summed E-state index contributed by atoms with van der Waals surface area (Å²) in [5.74, 6) is -6.25. The van der Waals surface area contributed by atoms with E-state index in [0.29, 0.717) is 24.3 Å². The van der Waals surface area contributed by atoms with Gasteiger partial charge in [0.1, 0.15) is 28.8 Å². The molecule has 1 heterocycles. The van der Waals surface area contributed by atoms with Crippen LogP contribution in [0.15, 0.2) is 84.9 Å². The first kappa shape index (κ1) is 31.3. The second-order valence-electron chi connectivity index (χ2n) is 10.3. The third-order valence-corrected chi connectivity index (χ3v) is 7.20. The summed E-state index contributed by atoms with van der Waals surface area (Å²) in [4.78, 5) is 0. The number of allylic oxidation sites excluding steroid dienone is 2. The molecule has 4 aromatic rings. The summed E-state index contributed by atoms with van der Waals surface area (Å²) in [6, 6.07) is 13.5. The molecule has 0 bridgehead atoms. The highest BCUT2D eigenvalue weighted by Gasteiger charge is 2.42. The van der Waals surface area contributed by atoms with Crippen molar-refractivity contribution in [1.29, 1.82) is 0 Å². The molecular weight excluding hydrogens is 589 g/mol. The van der Waals surface area contributed by atoms with Gasteiger partial charge in [0.2, 0.25) is 0 Å². The molecule has 1 aliphatic rings. The molecular formula is C34H27F7O3. The maximum Gasteiger partial charge on any atom is 0.432 e. The predicted octanol–water partition coefficient (Wildman–Crippen LogP) is 9.86. The van der Waals surface area contributed by atoms with Crippen LogP contribution in [0.2, 0.25) is 0 Å². The van der Waals surface area contributed by atoms with Crippen molar-refractivity contribution < 1.29 is 44.9 Å². The van der Waals surface area contributed by atoms with Crippen molar-refractivity contribution in [1.82, 2.24) is 0 Å². The van der Waals surface area contributed by atoms with E-state index in [9.17, 15) is 22.0 Å². The Morgan fingerprint density at radius 3 is 1.95 bits per heavy atom. The largest absolute Gasteiger partial charge is 0.432 e. The van der Waals surface area contributed by atoms with E-state index in [1.807, 2.05) is 19.1 Å². The van der Waals surface area contributed by atoms with Crippen molar-refractivity contribution in [2.24, 2.45) is 5.92 Å². The van der Waals surface area contributed by atoms with Gasteiger partial charge in [-0.25, -0.2) is 22.0 Å². The zero-order valence-electron chi connectivity index (χ0n) is 23.4. The van der Waals surface area contributed by atoms with Crippen LogP contribution in [0.5, 0.6) is 5.75 Å². The molecule has 1 saturated heterocycles. The minimum absolute atomic E-state index is 0.0354. The Bertz CT molecular complexity index is 1620. The second kappa shape index (κ2) is 13.2. The van der Waals surface area contributed by atoms with Gasteiger partial charge in [0.25, 0.3) is 0 Å². The molecule has 0 saturated carbocycles. The molecule has 10 heteroatoms. The fourth-order valence-corrected chi connectivity index (χ4v) is 4.91. The standard InChI is InChI=1S/C34H27F7O3/c1-2-3-4-5-20-18-42-33(43-19-20)24-16-30(38)32(31(39)17-24)34(40,41)44-25-10-6-21(7-11-25)22-8-12-26(28(36)14-22)23-9-13-27(35)29(37)15-23/h2-3,6-17,20,33H,4-5,18-19H2,1H3/b3-2+. The number of rotatable bonds is 9. The van der Waals surface area contributed by atoms with Crippen LogP contribution in [0.25, 0.3) is 22.3 Å². The van der Waals surface area contributed by atoms with E-state index in [-0.39, 0.29) is 22.6 Å². The Kier molecular flexibility index (Phi) is 9.41. The van der Waals surface area contributed by atoms with Crippen molar-refractivity contribution in [3.8, 4) is 28.0 Å². The number of hydrogen-bond acceptors (Lipinski definition) is 3. The van der Waals surface area contributed by atoms with Gasteiger partial charge in [0.05, 0.1) is 13.2 Å². The lowest BCUT2D eigenvalue weighted by molar-refractivity contribution is -0.206. The molecule has 44 heavy (non-hydrogen) atoms. The predicted molar refractivity (Wildman–Crippen MR) is 150 cm³/mol. The van der Waals surface area contributed by atoms with E-state index in [2.05, 4.69) is 4.74 Å². The molecule has 0 spiro atoms. The molecule has 1 fully saturated rings. The van der Waals surface area contributed by atoms with Crippen molar-refractivity contribution in [3.05, 3.63) is 125 Å². The summed E-state index contributed by atoms with van der Waals surface area (Å²) < 4.78 is 117. The monoisotopic (exact) mass is 616 g/mol. The van der Waals surface area contributed by atoms with Crippen LogP contribution in [0.1, 0.15) is 37.2 Å². The normalized spacial score (nSPS) is 17.3. The van der Waals surface area contributed by atoms with Crippen LogP contribution >= 0.6 is 0 Å². The quantitative estimate of drug-likeness (QED) is 0.138. The van der Waals surface area contributed by atoms with E-state index in [0.717, 1.165) is 55.3 Å². The maximum atomic E-state index is 15.0. The number of benzene rings is 4. The van der Waals surface area contributed by atoms with Gasteiger partial charge in [0.15, 0.2) is 17.9 Å². The Hall–Kier alpha value is -4.15. The van der Waals surface area contributed by atoms with E-state index < -0.39 is 52.8 Å². The molecule has 0 N–H and O–H groups in total. The van der Waals surface area contributed by atoms with E-state index in [1.165, 1.54) is 30.3 Å². The molecule has 3 nitrogen and oxygen atoms in total. The molecule has 0 atom stereocenters. The fourth-order valence-electron chi connectivity index (χ4n) is 4.91. The average molecular weight is 617 g/mol. The number of hydrogen-bond donors (Lipinski definition) is 0. The third-order valence-electron chi connectivity index (χ3n) is 7.20. The molecule has 230 valence electrons. The van der Waals surface area contributed by atoms with Gasteiger partial charge in [-0.2, -0.15) is 8.78 Å². The Balaban J connectivity index is 1.27. The van der Waals surface area contributed by atoms with Crippen molar-refractivity contribution >= 4 is 0 Å². The molecule has 4 aromatic carbocycles. The molecule has 0 amide bonds. The lowest BCUT2D eigenvalue weighted by Crippen LogP contribution is -2.28. The fraction of sp³-hybridized carbons (Fsp3) is 0.235. The molecule has 1 aliphatic heterocycles. The zero-order chi connectivity index (χ0) is 31.4. The highest BCUT2D eigenvalue weighted by atomic mass is 19.3. The first-order valence-electron chi connectivity index (χ1n) is 13.8. The Morgan fingerprint density at radius 1 is 0.727 bits per heavy atom. The molecule has 0 radical (unpaired) electrons. The van der Waals surface area contributed by atoms with Crippen LogP contribution in [0.4, 0.5) is 30.7 Å². The van der Waals surface area contributed by atoms with Gasteiger partial charge in [0, 0.05) is 17.0 Å². The molecule has 0 aromatic heterocycles. The highest BCUT2D eigenvalue weighted by molar-refractivity contribution is 5.71. The summed E-state index contributed by atoms with van der Waals surface area (Å²) in [5, 5.41) is 0. The topological polar surface area (TPSA) is 27.7 Å². The van der Waals surface area contributed by atoms with Crippen LogP contribution < -0.4 is 4.74 Å². The lowest BCUT2D eigenvalue weighted by atomic mass is 9.99. The SMILES string of the molecule is C/C=C/CCC1COC(c2cc(F)c(C(F)(F)Oc3ccc(-c4ccc(-c5ccc(F)c(F)c5)c(F)c4)cc3)c(F)c2)OC1. The number of ether oxygens (including phenoxy) is 3. The average Bonchev–Trinajstić information content (AvgIpc) is 2.99. The summed E-state index contributed by atoms with van der Waals surface area (Å²) in [5.41, 5.74) is -0.702. The number of halogens is 7. The maximum absolute atomic E-state index is 15.0. The van der Waals surface area contributed by atoms with Gasteiger partial charge in [-0.15, -0.1) is 0 Å². The van der Waals surface area contributed by atoms with E-state index in [4.69, 9.17) is 9.47 Å². The highest BCUT2D eigenvalue weighted by Crippen LogP contribution is 2.38. The van der Waals surface area contributed by atoms with Crippen molar-refractivity contribution in [2.75, 3.05) is 13.2 Å². The zero-order valence-corrected chi connectivity index (χ0v) is 23.4. The van der Waals surface area contributed by atoms with Crippen molar-refractivity contribution in [2.45, 2.75) is 32.2 Å². The van der Waals surface area contributed by atoms with Crippen molar-refractivity contribution in [3.63, 3.8) is 0 Å². The van der Waals surface area contributed by atoms with Gasteiger partial charge < -0.3 is 14.2 Å². The Labute approximate surface area is 249 Å². The molecule has 0 unspecified atom stereocenters. The third kappa shape index (κ3) is 6.97. The van der Waals surface area contributed by atoms with Crippen LogP contribution in [-0.4, -0.2) is 13.2 Å². The van der Waals surface area contributed by atoms with Gasteiger partial charge in [-0.1, -0.05) is 42.5 Å². The first-order valence-corrected chi connectivity index (χ1v) is 13.8. The van der Waals surface area contributed by atoms with Gasteiger partial charge in [-0.3, -0.25) is 0 Å². The van der Waals surface area contributed by atoms with E-state index in [1.54, 1.807) is 0 Å². The van der Waals surface area contributed by atoms with Gasteiger partial charge in [-0.05, 0) is 78.9 Å². The van der Waals surface area contributed by atoms with Crippen LogP contribution in [0.3, 0.4) is 0 Å².